The van der Waals surface area contributed by atoms with Crippen LogP contribution in [0.15, 0.2) is 36.4 Å². The SMILES string of the molecule is CCOC(=O)c1cc(C(=O)NCCNc2cccc(F)c2C#N)cc([N+](=O)[O-])c1. The third-order valence-corrected chi connectivity index (χ3v) is 3.75. The lowest BCUT2D eigenvalue weighted by Gasteiger charge is -2.10. The number of anilines is 1. The number of non-ortho nitro benzene ring substituents is 1. The van der Waals surface area contributed by atoms with Gasteiger partial charge in [0.25, 0.3) is 11.6 Å². The highest BCUT2D eigenvalue weighted by Crippen LogP contribution is 2.19. The largest absolute Gasteiger partial charge is 0.462 e. The third kappa shape index (κ3) is 5.49. The number of benzene rings is 2. The highest BCUT2D eigenvalue weighted by molar-refractivity contribution is 5.99. The van der Waals surface area contributed by atoms with E-state index in [0.717, 1.165) is 18.2 Å². The van der Waals surface area contributed by atoms with E-state index in [1.54, 1.807) is 13.0 Å². The average Bonchev–Trinajstić information content (AvgIpc) is 2.70. The summed E-state index contributed by atoms with van der Waals surface area (Å²) in [5.41, 5.74) is -0.469. The van der Waals surface area contributed by atoms with Crippen molar-refractivity contribution in [1.82, 2.24) is 5.32 Å². The van der Waals surface area contributed by atoms with Crippen molar-refractivity contribution in [2.24, 2.45) is 0 Å². The summed E-state index contributed by atoms with van der Waals surface area (Å²) >= 11 is 0. The Labute approximate surface area is 165 Å². The van der Waals surface area contributed by atoms with E-state index in [9.17, 15) is 24.1 Å². The van der Waals surface area contributed by atoms with Gasteiger partial charge in [0, 0.05) is 30.8 Å². The molecule has 0 spiro atoms. The number of nitriles is 1. The van der Waals surface area contributed by atoms with E-state index in [-0.39, 0.29) is 42.1 Å². The first-order valence-corrected chi connectivity index (χ1v) is 8.54. The van der Waals surface area contributed by atoms with E-state index >= 15 is 0 Å². The zero-order valence-electron chi connectivity index (χ0n) is 15.4. The van der Waals surface area contributed by atoms with E-state index in [4.69, 9.17) is 10.00 Å². The van der Waals surface area contributed by atoms with Crippen LogP contribution >= 0.6 is 0 Å². The first-order chi connectivity index (χ1) is 13.9. The fourth-order valence-electron chi connectivity index (χ4n) is 2.44. The number of hydrogen-bond donors (Lipinski definition) is 2. The van der Waals surface area contributed by atoms with Crippen LogP contribution in [0.4, 0.5) is 15.8 Å². The number of halogens is 1. The third-order valence-electron chi connectivity index (χ3n) is 3.75. The zero-order valence-corrected chi connectivity index (χ0v) is 15.4. The van der Waals surface area contributed by atoms with Gasteiger partial charge in [0.2, 0.25) is 0 Å². The van der Waals surface area contributed by atoms with Crippen molar-refractivity contribution in [3.8, 4) is 6.07 Å². The number of amides is 1. The number of nitrogens with one attached hydrogen (secondary N) is 2. The molecule has 0 bridgehead atoms. The monoisotopic (exact) mass is 400 g/mol. The summed E-state index contributed by atoms with van der Waals surface area (Å²) in [7, 11) is 0. The molecule has 2 rings (SSSR count). The lowest BCUT2D eigenvalue weighted by molar-refractivity contribution is -0.384. The number of ether oxygens (including phenoxy) is 1. The molecule has 0 saturated heterocycles. The van der Waals surface area contributed by atoms with E-state index in [2.05, 4.69) is 10.6 Å². The number of rotatable bonds is 8. The number of esters is 1. The molecular weight excluding hydrogens is 383 g/mol. The van der Waals surface area contributed by atoms with Crippen LogP contribution in [0.5, 0.6) is 0 Å². The summed E-state index contributed by atoms with van der Waals surface area (Å²) in [4.78, 5) is 34.5. The molecule has 0 radical (unpaired) electrons. The smallest absolute Gasteiger partial charge is 0.338 e. The molecule has 1 amide bonds. The van der Waals surface area contributed by atoms with Crippen molar-refractivity contribution >= 4 is 23.3 Å². The van der Waals surface area contributed by atoms with E-state index in [1.165, 1.54) is 18.2 Å². The molecule has 0 aliphatic carbocycles. The van der Waals surface area contributed by atoms with Crippen LogP contribution in [0, 0.1) is 27.3 Å². The van der Waals surface area contributed by atoms with E-state index in [0.29, 0.717) is 0 Å². The first-order valence-electron chi connectivity index (χ1n) is 8.54. The predicted molar refractivity (Wildman–Crippen MR) is 101 cm³/mol. The maximum absolute atomic E-state index is 13.5. The molecule has 0 fully saturated rings. The predicted octanol–water partition coefficient (Wildman–Crippen LogP) is 2.62. The first kappa shape index (κ1) is 21.3. The van der Waals surface area contributed by atoms with Gasteiger partial charge >= 0.3 is 5.97 Å². The van der Waals surface area contributed by atoms with Crippen molar-refractivity contribution in [1.29, 1.82) is 5.26 Å². The molecule has 0 heterocycles. The Morgan fingerprint density at radius 2 is 1.97 bits per heavy atom. The van der Waals surface area contributed by atoms with Gasteiger partial charge in [-0.3, -0.25) is 14.9 Å². The Morgan fingerprint density at radius 3 is 2.62 bits per heavy atom. The lowest BCUT2D eigenvalue weighted by Crippen LogP contribution is -2.29. The molecule has 150 valence electrons. The quantitative estimate of drug-likeness (QED) is 0.301. The minimum atomic E-state index is -0.776. The zero-order chi connectivity index (χ0) is 21.4. The van der Waals surface area contributed by atoms with Gasteiger partial charge in [-0.05, 0) is 25.1 Å². The minimum Gasteiger partial charge on any atom is -0.462 e. The maximum Gasteiger partial charge on any atom is 0.338 e. The van der Waals surface area contributed by atoms with Crippen LogP contribution in [0.2, 0.25) is 0 Å². The summed E-state index contributed by atoms with van der Waals surface area (Å²) in [6.45, 7) is 1.92. The fourth-order valence-corrected chi connectivity index (χ4v) is 2.44. The summed E-state index contributed by atoms with van der Waals surface area (Å²) < 4.78 is 18.4. The highest BCUT2D eigenvalue weighted by Gasteiger charge is 2.18. The normalized spacial score (nSPS) is 9.97. The second-order valence-electron chi connectivity index (χ2n) is 5.70. The molecule has 0 aliphatic rings. The second kappa shape index (κ2) is 9.80. The number of carbonyl (C=O) groups is 2. The summed E-state index contributed by atoms with van der Waals surface area (Å²) in [5.74, 6) is -2.08. The number of hydrogen-bond acceptors (Lipinski definition) is 7. The van der Waals surface area contributed by atoms with Gasteiger partial charge in [0.15, 0.2) is 0 Å². The Hall–Kier alpha value is -4.00. The van der Waals surface area contributed by atoms with Gasteiger partial charge < -0.3 is 15.4 Å². The van der Waals surface area contributed by atoms with Gasteiger partial charge in [0.05, 0.1) is 22.8 Å². The van der Waals surface area contributed by atoms with Crippen molar-refractivity contribution in [3.63, 3.8) is 0 Å². The molecular formula is C19H17FN4O5. The van der Waals surface area contributed by atoms with Crippen LogP contribution in [-0.4, -0.2) is 36.5 Å². The average molecular weight is 400 g/mol. The van der Waals surface area contributed by atoms with Crippen LogP contribution in [0.1, 0.15) is 33.2 Å². The van der Waals surface area contributed by atoms with Crippen molar-refractivity contribution in [3.05, 3.63) is 69.0 Å². The summed E-state index contributed by atoms with van der Waals surface area (Å²) in [5, 5.41) is 25.4. The number of carbonyl (C=O) groups excluding carboxylic acids is 2. The van der Waals surface area contributed by atoms with Crippen LogP contribution in [0.3, 0.4) is 0 Å². The maximum atomic E-state index is 13.5. The van der Waals surface area contributed by atoms with Crippen molar-refractivity contribution < 1.29 is 23.6 Å². The molecule has 0 atom stereocenters. The molecule has 0 aliphatic heterocycles. The molecule has 0 aromatic heterocycles. The number of nitrogens with zero attached hydrogens (tertiary/aromatic N) is 2. The summed E-state index contributed by atoms with van der Waals surface area (Å²) in [6, 6.07) is 9.16. The van der Waals surface area contributed by atoms with Crippen LogP contribution in [-0.2, 0) is 4.74 Å². The fraction of sp³-hybridized carbons (Fsp3) is 0.211. The molecule has 2 aromatic rings. The number of nitro benzene ring substituents is 1. The Kier molecular flexibility index (Phi) is 7.20. The molecule has 10 heteroatoms. The second-order valence-corrected chi connectivity index (χ2v) is 5.70. The summed E-state index contributed by atoms with van der Waals surface area (Å²) in [6.07, 6.45) is 0. The molecule has 0 unspecified atom stereocenters. The standard InChI is InChI=1S/C19H17FN4O5/c1-2-29-19(26)13-8-12(9-14(10-13)24(27)28)18(25)23-7-6-22-17-5-3-4-16(20)15(17)11-21/h3-5,8-10,22H,2,6-7H2,1H3,(H,23,25). The molecule has 0 saturated carbocycles. The molecule has 2 aromatic carbocycles. The Balaban J connectivity index is 2.05. The minimum absolute atomic E-state index is 0.0780. The Morgan fingerprint density at radius 1 is 1.24 bits per heavy atom. The van der Waals surface area contributed by atoms with Gasteiger partial charge in [-0.25, -0.2) is 9.18 Å². The molecule has 2 N–H and O–H groups in total. The van der Waals surface area contributed by atoms with Gasteiger partial charge in [-0.15, -0.1) is 0 Å². The van der Waals surface area contributed by atoms with Crippen LogP contribution < -0.4 is 10.6 Å². The van der Waals surface area contributed by atoms with E-state index in [1.807, 2.05) is 0 Å². The Bertz CT molecular complexity index is 987. The molecule has 9 nitrogen and oxygen atoms in total. The van der Waals surface area contributed by atoms with Gasteiger partial charge in [-0.2, -0.15) is 5.26 Å². The van der Waals surface area contributed by atoms with Gasteiger partial charge in [0.1, 0.15) is 17.4 Å². The number of nitro groups is 1. The highest BCUT2D eigenvalue weighted by atomic mass is 19.1. The van der Waals surface area contributed by atoms with Crippen molar-refractivity contribution in [2.75, 3.05) is 25.0 Å². The molecule has 29 heavy (non-hydrogen) atoms. The lowest BCUT2D eigenvalue weighted by atomic mass is 10.1. The topological polar surface area (TPSA) is 134 Å². The van der Waals surface area contributed by atoms with Gasteiger partial charge in [-0.1, -0.05) is 6.07 Å². The van der Waals surface area contributed by atoms with Crippen molar-refractivity contribution in [2.45, 2.75) is 6.92 Å². The van der Waals surface area contributed by atoms with E-state index < -0.39 is 28.3 Å². The van der Waals surface area contributed by atoms with Crippen LogP contribution in [0.25, 0.3) is 0 Å².